The quantitative estimate of drug-likeness (QED) is 0.0251. The number of anilines is 2. The summed E-state index contributed by atoms with van der Waals surface area (Å²) in [5.41, 5.74) is 29.4. The number of sulfonamides is 1. The molecule has 0 radical (unpaired) electrons. The number of piperidine rings is 1. The number of nitrogens with zero attached hydrogens (tertiary/aromatic N) is 9. The third-order valence-corrected chi connectivity index (χ3v) is 30.2. The van der Waals surface area contributed by atoms with E-state index in [-0.39, 0.29) is 47.2 Å². The Balaban J connectivity index is 0.000000136. The average molecular weight is 1760 g/mol. The van der Waals surface area contributed by atoms with Crippen molar-refractivity contribution in [2.75, 3.05) is 160 Å². The molecule has 26 nitrogen and oxygen atoms in total. The molecule has 125 heavy (non-hydrogen) atoms. The third-order valence-electron chi connectivity index (χ3n) is 25.0. The van der Waals surface area contributed by atoms with Crippen LogP contribution in [0.4, 0.5) is 11.5 Å². The molecule has 0 bridgehead atoms. The first kappa shape index (κ1) is 92.1. The van der Waals surface area contributed by atoms with Crippen LogP contribution in [0.15, 0.2) is 158 Å². The minimum atomic E-state index is -3.19. The van der Waals surface area contributed by atoms with Gasteiger partial charge in [-0.15, -0.1) is 0 Å². The predicted molar refractivity (Wildman–Crippen MR) is 504 cm³/mol. The molecule has 0 saturated carbocycles. The molecule has 6 aromatic heterocycles. The molecule has 1 aliphatic carbocycles. The van der Waals surface area contributed by atoms with Crippen molar-refractivity contribution < 1.29 is 44.3 Å². The van der Waals surface area contributed by atoms with E-state index < -0.39 is 29.7 Å². The monoisotopic (exact) mass is 1760 g/mol. The minimum Gasteiger partial charge on any atom is -0.493 e. The molecule has 17 rings (SSSR count). The number of carbonyl (C=O) groups excluding carboxylic acids is 2. The molecule has 2 amide bonds. The van der Waals surface area contributed by atoms with E-state index in [0.717, 1.165) is 206 Å². The van der Waals surface area contributed by atoms with Crippen molar-refractivity contribution in [2.24, 2.45) is 17.4 Å². The molecule has 4 fully saturated rings. The van der Waals surface area contributed by atoms with Crippen LogP contribution in [-0.2, 0) is 84.5 Å². The summed E-state index contributed by atoms with van der Waals surface area (Å²) in [6, 6.07) is 43.2. The van der Waals surface area contributed by atoms with E-state index in [1.165, 1.54) is 58.0 Å². The van der Waals surface area contributed by atoms with Gasteiger partial charge in [-0.2, -0.15) is 5.26 Å². The second kappa shape index (κ2) is 42.6. The highest BCUT2D eigenvalue weighted by Gasteiger charge is 2.29. The first-order valence-electron chi connectivity index (χ1n) is 44.1. The molecule has 0 spiro atoms. The summed E-state index contributed by atoms with van der Waals surface area (Å²) in [5, 5.41) is 14.7. The highest BCUT2D eigenvalue weighted by molar-refractivity contribution is 7.91. The van der Waals surface area contributed by atoms with Gasteiger partial charge in [0.15, 0.2) is 28.0 Å². The fraction of sp³-hybridized carbons (Fsp3) is 0.438. The number of carbonyl (C=O) groups is 2. The Hall–Kier alpha value is -10.6. The van der Waals surface area contributed by atoms with Crippen LogP contribution < -0.4 is 30.7 Å². The van der Waals surface area contributed by atoms with Gasteiger partial charge in [0.05, 0.1) is 36.0 Å². The van der Waals surface area contributed by atoms with Crippen molar-refractivity contribution in [2.45, 2.75) is 115 Å². The van der Waals surface area contributed by atoms with Crippen LogP contribution in [0.2, 0.25) is 0 Å². The number of hydrogen-bond acceptors (Lipinski definition) is 18. The summed E-state index contributed by atoms with van der Waals surface area (Å²) >= 11 is 0. The number of hydrogen-bond donors (Lipinski definition) is 7. The van der Waals surface area contributed by atoms with Crippen molar-refractivity contribution in [3.05, 3.63) is 220 Å². The maximum absolute atomic E-state index is 12.6. The number of nitriles is 1. The summed E-state index contributed by atoms with van der Waals surface area (Å²) in [4.78, 5) is 58.4. The van der Waals surface area contributed by atoms with Crippen LogP contribution in [0.5, 0.6) is 11.5 Å². The average Bonchev–Trinajstić information content (AvgIpc) is 1.64. The van der Waals surface area contributed by atoms with E-state index in [0.29, 0.717) is 61.9 Å². The number of piperazine rings is 2. The van der Waals surface area contributed by atoms with E-state index in [1.54, 1.807) is 31.3 Å². The zero-order chi connectivity index (χ0) is 88.4. The van der Waals surface area contributed by atoms with Crippen molar-refractivity contribution >= 4 is 108 Å². The number of rotatable bonds is 27. The van der Waals surface area contributed by atoms with Gasteiger partial charge in [0.2, 0.25) is 15.9 Å². The number of aromatic nitrogens is 6. The van der Waals surface area contributed by atoms with Gasteiger partial charge in [0.25, 0.3) is 5.91 Å². The molecule has 4 aliphatic heterocycles. The van der Waals surface area contributed by atoms with Gasteiger partial charge in [-0.25, -0.2) is 34.5 Å². The largest absolute Gasteiger partial charge is 0.493 e. The number of nitrogens with one attached hydrogen (secondary N) is 5. The van der Waals surface area contributed by atoms with Gasteiger partial charge in [-0.1, -0.05) is 39.0 Å². The number of ether oxygens (including phenoxy) is 2. The lowest BCUT2D eigenvalue weighted by molar-refractivity contribution is -0.133. The zero-order valence-corrected chi connectivity index (χ0v) is 75.9. The van der Waals surface area contributed by atoms with Crippen LogP contribution >= 0.6 is 0 Å². The fourth-order valence-electron chi connectivity index (χ4n) is 17.4. The lowest BCUT2D eigenvalue weighted by atomic mass is 9.87. The van der Waals surface area contributed by atoms with Crippen molar-refractivity contribution in [3.8, 4) is 17.6 Å². The SMILES string of the molecule is CCS(=O)(=O)CCc1ccc2[nH]cc(C3CCN(C)CC3)c2c1.CCS(=O)(=O)Cc1ccc2[nH]cc(CCCN3CCN(c4ncccc4OC)CC3)c2c1.CN(C)CCc1c[nH]c2ccc(CS(=O)(=O)N3CCCC3)cc12.C[C@@H]1CCc2[nH]c3ccc(C(N)=O)cc3c2C1.N#Cc1ccc(N2CCN(C(=O)COc3ccc4[nH]cc(CCN)c4c3)CC2)cc1. The molecular formula is C96H124N16O10S3. The van der Waals surface area contributed by atoms with Gasteiger partial charge in [-0.05, 0) is 290 Å². The fourth-order valence-corrected chi connectivity index (χ4v) is 20.8. The summed E-state index contributed by atoms with van der Waals surface area (Å²) in [7, 11) is -1.14. The second-order valence-electron chi connectivity index (χ2n) is 34.1. The Labute approximate surface area is 736 Å². The molecule has 6 aromatic carbocycles. The molecule has 29 heteroatoms. The van der Waals surface area contributed by atoms with E-state index >= 15 is 0 Å². The highest BCUT2D eigenvalue weighted by atomic mass is 32.2. The second-order valence-corrected chi connectivity index (χ2v) is 40.9. The smallest absolute Gasteiger partial charge is 0.260 e. The number of methoxy groups -OCH3 is 1. The Morgan fingerprint density at radius 2 is 1.21 bits per heavy atom. The minimum absolute atomic E-state index is 0.00849. The molecule has 5 aliphatic rings. The number of aromatic amines is 5. The van der Waals surface area contributed by atoms with Gasteiger partial charge >= 0.3 is 0 Å². The summed E-state index contributed by atoms with van der Waals surface area (Å²) in [5.74, 6) is 4.24. The molecule has 12 aromatic rings. The topological polar surface area (TPSA) is 345 Å². The third kappa shape index (κ3) is 24.4. The predicted octanol–water partition coefficient (Wildman–Crippen LogP) is 13.1. The van der Waals surface area contributed by atoms with Crippen LogP contribution in [0.3, 0.4) is 0 Å². The van der Waals surface area contributed by atoms with Crippen LogP contribution in [0, 0.1) is 17.2 Å². The van der Waals surface area contributed by atoms with Gasteiger partial charge in [-0.3, -0.25) is 14.5 Å². The Morgan fingerprint density at radius 1 is 0.616 bits per heavy atom. The Morgan fingerprint density at radius 3 is 1.84 bits per heavy atom. The van der Waals surface area contributed by atoms with E-state index in [9.17, 15) is 34.8 Å². The molecule has 666 valence electrons. The number of sulfone groups is 2. The molecule has 1 atom stereocenters. The maximum atomic E-state index is 12.6. The van der Waals surface area contributed by atoms with Gasteiger partial charge < -0.3 is 70.4 Å². The lowest BCUT2D eigenvalue weighted by Crippen LogP contribution is -2.50. The number of primary amides is 1. The number of benzene rings is 6. The molecule has 10 heterocycles. The first-order chi connectivity index (χ1) is 60.2. The zero-order valence-electron chi connectivity index (χ0n) is 73.5. The summed E-state index contributed by atoms with van der Waals surface area (Å²) in [6.45, 7) is 18.7. The number of pyridine rings is 1. The van der Waals surface area contributed by atoms with Crippen LogP contribution in [0.1, 0.15) is 131 Å². The van der Waals surface area contributed by atoms with E-state index in [2.05, 4.69) is 113 Å². The summed E-state index contributed by atoms with van der Waals surface area (Å²) in [6.07, 6.45) is 22.2. The summed E-state index contributed by atoms with van der Waals surface area (Å²) < 4.78 is 85.3. The van der Waals surface area contributed by atoms with Crippen molar-refractivity contribution in [1.82, 2.24) is 53.8 Å². The van der Waals surface area contributed by atoms with E-state index in [1.807, 2.05) is 133 Å². The molecular weight excluding hydrogens is 1630 g/mol. The van der Waals surface area contributed by atoms with Crippen LogP contribution in [-0.4, -0.2) is 241 Å². The number of nitrogens with two attached hydrogens (primary N) is 2. The number of fused-ring (bicyclic) bond motifs is 7. The highest BCUT2D eigenvalue weighted by Crippen LogP contribution is 2.36. The van der Waals surface area contributed by atoms with Crippen LogP contribution in [0.25, 0.3) is 54.5 Å². The molecule has 9 N–H and O–H groups in total. The number of aryl methyl sites for hydroxylation is 3. The standard InChI is InChI=1S/C24H32N4O3S.C23H25N5O2.C18H26N2O2S.C17H25N3O2S.C14H16N2O/c1-3-32(29,30)18-19-8-9-22-21(16-19)20(17-26-22)6-5-11-27-12-14-28(15-13-27)24-23(31-2)7-4-10-25-24;24-8-7-18-15-26-22-6-5-20(13-21(18)22)30-16-23(29)28-11-9-27(10-12-28)19-3-1-17(14-25)2-4-19;1-3-23(21,22)11-8-14-4-5-18-16(12-14)17(13-19-18)15-6-9-20(2)10-7-15;1-19(2)10-7-15-12-18-17-6-5-14(11-16(15)17)13-23(21,22)20-8-3-4-9-20;1-8-2-4-12-10(6-8)11-7-9(14(15)17)3-5-13(11)16-12/h4,7-10,16-17,26H,3,5-6,11-15,18H2,1-2H3;1-6,13,15,26H,7-12,16,24H2;4-5,12-13,15,19H,3,6-11H2,1-2H3;5-6,11-12,18H,3-4,7-10,13H2,1-2H3;3,5,7-8,16H,2,4,6H2,1H3,(H2,15,17)/t;;;;8-/m....1/s1. The van der Waals surface area contributed by atoms with Crippen molar-refractivity contribution in [1.29, 1.82) is 5.26 Å². The molecule has 0 unspecified atom stereocenters. The van der Waals surface area contributed by atoms with Gasteiger partial charge in [0, 0.05) is 186 Å². The van der Waals surface area contributed by atoms with Gasteiger partial charge in [0.1, 0.15) is 15.6 Å². The number of amides is 2. The lowest BCUT2D eigenvalue weighted by Gasteiger charge is -2.36. The normalized spacial score (nSPS) is 16.3. The number of likely N-dealkylation sites (tertiary alicyclic amines) is 1. The number of likely N-dealkylation sites (N-methyl/N-ethyl adjacent to an activating group) is 1. The van der Waals surface area contributed by atoms with Crippen molar-refractivity contribution in [3.63, 3.8) is 0 Å². The van der Waals surface area contributed by atoms with E-state index in [4.69, 9.17) is 26.2 Å². The number of H-pyrrole nitrogens is 5. The maximum Gasteiger partial charge on any atom is 0.260 e. The Bertz CT molecular complexity index is 6040. The first-order valence-corrected chi connectivity index (χ1v) is 49.4. The molecule has 4 saturated heterocycles. The Kier molecular flexibility index (Phi) is 31.4.